The van der Waals surface area contributed by atoms with Gasteiger partial charge in [0, 0.05) is 16.1 Å². The highest BCUT2D eigenvalue weighted by Gasteiger charge is 2.52. The van der Waals surface area contributed by atoms with Gasteiger partial charge in [-0.05, 0) is 55.8 Å². The van der Waals surface area contributed by atoms with Gasteiger partial charge >= 0.3 is 7.12 Å². The van der Waals surface area contributed by atoms with Crippen molar-refractivity contribution in [1.29, 1.82) is 0 Å². The summed E-state index contributed by atoms with van der Waals surface area (Å²) in [5.74, 6) is 0. The second kappa shape index (κ2) is 4.07. The van der Waals surface area contributed by atoms with Crippen molar-refractivity contribution in [3.8, 4) is 0 Å². The number of H-pyrrole nitrogens is 1. The second-order valence-corrected chi connectivity index (χ2v) is 6.63. The van der Waals surface area contributed by atoms with Gasteiger partial charge < -0.3 is 14.3 Å². The lowest BCUT2D eigenvalue weighted by Gasteiger charge is -2.32. The number of fused-ring (bicyclic) bond motifs is 1. The fourth-order valence-electron chi connectivity index (χ4n) is 2.13. The maximum Gasteiger partial charge on any atom is 0.513 e. The first kappa shape index (κ1) is 13.2. The molecule has 4 nitrogen and oxygen atoms in total. The van der Waals surface area contributed by atoms with E-state index in [2.05, 4.69) is 25.9 Å². The molecule has 1 aliphatic heterocycles. The predicted octanol–water partition coefficient (Wildman–Crippen LogP) is 2.62. The minimum Gasteiger partial charge on any atom is -0.398 e. The lowest BCUT2D eigenvalue weighted by Crippen LogP contribution is -2.41. The number of nitrogens with zero attached hydrogens (tertiary/aromatic N) is 1. The zero-order valence-electron chi connectivity index (χ0n) is 11.5. The standard InChI is InChI=1S/C13H16BBrN2O2/c1-12(2)13(3,4)19-14(18-12)10-9(15)8-6-5-7-16-11(8)17-10/h5-7H,1-4H3,(H,16,17). The molecule has 2 aromatic rings. The van der Waals surface area contributed by atoms with E-state index in [1.807, 2.05) is 39.8 Å². The Labute approximate surface area is 121 Å². The van der Waals surface area contributed by atoms with Crippen LogP contribution in [0.3, 0.4) is 0 Å². The fraction of sp³-hybridized carbons (Fsp3) is 0.462. The van der Waals surface area contributed by atoms with Crippen LogP contribution in [0.5, 0.6) is 0 Å². The molecule has 6 heteroatoms. The molecule has 1 saturated heterocycles. The summed E-state index contributed by atoms with van der Waals surface area (Å²) in [7, 11) is -0.409. The van der Waals surface area contributed by atoms with Crippen molar-refractivity contribution in [2.75, 3.05) is 0 Å². The van der Waals surface area contributed by atoms with E-state index in [9.17, 15) is 0 Å². The molecule has 0 saturated carbocycles. The van der Waals surface area contributed by atoms with Crippen molar-refractivity contribution in [2.45, 2.75) is 38.9 Å². The van der Waals surface area contributed by atoms with Gasteiger partial charge in [0.2, 0.25) is 0 Å². The topological polar surface area (TPSA) is 47.1 Å². The van der Waals surface area contributed by atoms with Crippen molar-refractivity contribution >= 4 is 39.7 Å². The molecule has 3 rings (SSSR count). The summed E-state index contributed by atoms with van der Waals surface area (Å²) < 4.78 is 13.1. The lowest BCUT2D eigenvalue weighted by atomic mass is 9.85. The van der Waals surface area contributed by atoms with Gasteiger partial charge in [-0.25, -0.2) is 4.98 Å². The molecule has 3 heterocycles. The van der Waals surface area contributed by atoms with Gasteiger partial charge in [0.1, 0.15) is 5.65 Å². The number of aromatic amines is 1. The molecule has 0 atom stereocenters. The molecule has 0 aromatic carbocycles. The summed E-state index contributed by atoms with van der Waals surface area (Å²) in [5, 5.41) is 1.03. The Morgan fingerprint density at radius 3 is 2.42 bits per heavy atom. The van der Waals surface area contributed by atoms with Gasteiger partial charge in [0.25, 0.3) is 0 Å². The second-order valence-electron chi connectivity index (χ2n) is 5.84. The molecule has 1 aliphatic rings. The van der Waals surface area contributed by atoms with Gasteiger partial charge in [-0.3, -0.25) is 0 Å². The van der Waals surface area contributed by atoms with Gasteiger partial charge in [0.15, 0.2) is 0 Å². The van der Waals surface area contributed by atoms with Crippen molar-refractivity contribution in [3.63, 3.8) is 0 Å². The van der Waals surface area contributed by atoms with E-state index in [1.165, 1.54) is 0 Å². The molecule has 1 fully saturated rings. The molecule has 2 aromatic heterocycles. The van der Waals surface area contributed by atoms with E-state index in [4.69, 9.17) is 9.31 Å². The summed E-state index contributed by atoms with van der Waals surface area (Å²) in [6.45, 7) is 8.17. The Hall–Kier alpha value is -0.845. The Bertz CT molecular complexity index is 623. The first-order valence-corrected chi connectivity index (χ1v) is 7.09. The first-order valence-electron chi connectivity index (χ1n) is 6.29. The predicted molar refractivity (Wildman–Crippen MR) is 79.5 cm³/mol. The smallest absolute Gasteiger partial charge is 0.398 e. The average Bonchev–Trinajstić information content (AvgIpc) is 2.76. The largest absolute Gasteiger partial charge is 0.513 e. The minimum absolute atomic E-state index is 0.345. The molecule has 1 N–H and O–H groups in total. The molecule has 19 heavy (non-hydrogen) atoms. The Kier molecular flexibility index (Phi) is 2.82. The molecule has 0 bridgehead atoms. The van der Waals surface area contributed by atoms with E-state index >= 15 is 0 Å². The van der Waals surface area contributed by atoms with Crippen LogP contribution >= 0.6 is 15.9 Å². The third-order valence-corrected chi connectivity index (χ3v) is 4.88. The van der Waals surface area contributed by atoms with Crippen molar-refractivity contribution in [1.82, 2.24) is 9.97 Å². The van der Waals surface area contributed by atoms with Crippen LogP contribution in [0, 0.1) is 0 Å². The number of halogens is 1. The zero-order chi connectivity index (χ0) is 13.8. The van der Waals surface area contributed by atoms with Gasteiger partial charge in [-0.1, -0.05) is 0 Å². The Balaban J connectivity index is 2.05. The number of hydrogen-bond donors (Lipinski definition) is 1. The Morgan fingerprint density at radius 2 is 1.84 bits per heavy atom. The van der Waals surface area contributed by atoms with Crippen molar-refractivity contribution in [2.24, 2.45) is 0 Å². The van der Waals surface area contributed by atoms with Crippen LogP contribution < -0.4 is 5.59 Å². The maximum absolute atomic E-state index is 6.05. The quantitative estimate of drug-likeness (QED) is 0.821. The van der Waals surface area contributed by atoms with Crippen LogP contribution in [0.1, 0.15) is 27.7 Å². The number of nitrogens with one attached hydrogen (secondary N) is 1. The minimum atomic E-state index is -0.409. The molecule has 0 spiro atoms. The molecule has 0 aliphatic carbocycles. The summed E-state index contributed by atoms with van der Waals surface area (Å²) in [6, 6.07) is 3.92. The summed E-state index contributed by atoms with van der Waals surface area (Å²) in [5.41, 5.74) is 1.02. The van der Waals surface area contributed by atoms with Crippen LogP contribution in [0.4, 0.5) is 0 Å². The van der Waals surface area contributed by atoms with E-state index < -0.39 is 7.12 Å². The molecule has 0 radical (unpaired) electrons. The number of aromatic nitrogens is 2. The Morgan fingerprint density at radius 1 is 1.21 bits per heavy atom. The van der Waals surface area contributed by atoms with E-state index in [0.29, 0.717) is 0 Å². The number of pyridine rings is 1. The van der Waals surface area contributed by atoms with Crippen LogP contribution in [-0.2, 0) is 9.31 Å². The van der Waals surface area contributed by atoms with Crippen LogP contribution in [0.2, 0.25) is 0 Å². The van der Waals surface area contributed by atoms with Crippen LogP contribution in [-0.4, -0.2) is 28.3 Å². The summed E-state index contributed by atoms with van der Waals surface area (Å²) in [6.07, 6.45) is 1.76. The fourth-order valence-corrected chi connectivity index (χ4v) is 2.74. The molecule has 0 amide bonds. The SMILES string of the molecule is CC1(C)OB(c2[nH]c3ncccc3c2Br)OC1(C)C. The zero-order valence-corrected chi connectivity index (χ0v) is 13.0. The third kappa shape index (κ3) is 1.93. The van der Waals surface area contributed by atoms with Crippen molar-refractivity contribution in [3.05, 3.63) is 22.8 Å². The maximum atomic E-state index is 6.05. The summed E-state index contributed by atoms with van der Waals surface area (Å²) in [4.78, 5) is 7.58. The number of rotatable bonds is 1. The molecule has 100 valence electrons. The van der Waals surface area contributed by atoms with Gasteiger partial charge in [-0.15, -0.1) is 0 Å². The molecule has 0 unspecified atom stereocenters. The highest BCUT2D eigenvalue weighted by molar-refractivity contribution is 9.10. The number of hydrogen-bond acceptors (Lipinski definition) is 3. The van der Waals surface area contributed by atoms with Gasteiger partial charge in [0.05, 0.1) is 16.8 Å². The normalized spacial score (nSPS) is 21.2. The van der Waals surface area contributed by atoms with Crippen molar-refractivity contribution < 1.29 is 9.31 Å². The third-order valence-electron chi connectivity index (χ3n) is 4.02. The van der Waals surface area contributed by atoms with E-state index in [1.54, 1.807) is 6.20 Å². The monoisotopic (exact) mass is 322 g/mol. The van der Waals surface area contributed by atoms with Gasteiger partial charge in [-0.2, -0.15) is 0 Å². The highest BCUT2D eigenvalue weighted by Crippen LogP contribution is 2.37. The lowest BCUT2D eigenvalue weighted by molar-refractivity contribution is 0.00578. The molecular weight excluding hydrogens is 307 g/mol. The van der Waals surface area contributed by atoms with Crippen LogP contribution in [0.15, 0.2) is 22.8 Å². The summed E-state index contributed by atoms with van der Waals surface area (Å²) >= 11 is 3.61. The first-order chi connectivity index (χ1) is 8.82. The highest BCUT2D eigenvalue weighted by atomic mass is 79.9. The molecular formula is C13H16BBrN2O2. The van der Waals surface area contributed by atoms with Crippen LogP contribution in [0.25, 0.3) is 11.0 Å². The van der Waals surface area contributed by atoms with E-state index in [-0.39, 0.29) is 11.2 Å². The average molecular weight is 323 g/mol. The van der Waals surface area contributed by atoms with E-state index in [0.717, 1.165) is 21.1 Å².